The van der Waals surface area contributed by atoms with Crippen molar-refractivity contribution in [3.63, 3.8) is 0 Å². The van der Waals surface area contributed by atoms with E-state index in [0.717, 1.165) is 0 Å². The van der Waals surface area contributed by atoms with E-state index in [4.69, 9.17) is 0 Å². The molecule has 5 heteroatoms. The van der Waals surface area contributed by atoms with E-state index in [2.05, 4.69) is 0 Å². The predicted molar refractivity (Wildman–Crippen MR) is 68.8 cm³/mol. The lowest BCUT2D eigenvalue weighted by atomic mass is 9.99. The van der Waals surface area contributed by atoms with Gasteiger partial charge >= 0.3 is 0 Å². The summed E-state index contributed by atoms with van der Waals surface area (Å²) in [6.45, 7) is 5.27. The van der Waals surface area contributed by atoms with E-state index >= 15 is 0 Å². The van der Waals surface area contributed by atoms with E-state index in [0.29, 0.717) is 5.56 Å². The zero-order valence-electron chi connectivity index (χ0n) is 10.9. The monoisotopic (exact) mass is 253 g/mol. The molecule has 0 saturated heterocycles. The van der Waals surface area contributed by atoms with Crippen molar-refractivity contribution in [3.8, 4) is 0 Å². The Balaban J connectivity index is 0.00000137. The molecule has 2 unspecified atom stereocenters. The maximum absolute atomic E-state index is 10.9. The van der Waals surface area contributed by atoms with Crippen molar-refractivity contribution in [2.24, 2.45) is 0 Å². The lowest BCUT2D eigenvalue weighted by molar-refractivity contribution is -0.534. The van der Waals surface area contributed by atoms with Crippen molar-refractivity contribution < 1.29 is 14.8 Å². The molecule has 2 atom stereocenters. The average Bonchev–Trinajstić information content (AvgIpc) is 2.38. The summed E-state index contributed by atoms with van der Waals surface area (Å²) in [7, 11) is 0. The predicted octanol–water partition coefficient (Wildman–Crippen LogP) is 2.37. The van der Waals surface area contributed by atoms with E-state index in [1.807, 2.05) is 13.8 Å². The SMILES string of the molecule is CC.CC(=O)CC(C(O)c1ccccc1)[N+](=O)[O-]. The highest BCUT2D eigenvalue weighted by molar-refractivity contribution is 5.76. The molecule has 1 rings (SSSR count). The molecule has 0 fully saturated rings. The van der Waals surface area contributed by atoms with Crippen LogP contribution in [0, 0.1) is 10.1 Å². The topological polar surface area (TPSA) is 80.4 Å². The quantitative estimate of drug-likeness (QED) is 0.645. The number of nitrogens with zero attached hydrogens (tertiary/aromatic N) is 1. The van der Waals surface area contributed by atoms with E-state index in [1.54, 1.807) is 30.3 Å². The number of benzene rings is 1. The van der Waals surface area contributed by atoms with Gasteiger partial charge in [-0.1, -0.05) is 44.2 Å². The molecule has 0 amide bonds. The summed E-state index contributed by atoms with van der Waals surface area (Å²) in [5.41, 5.74) is 0.449. The molecule has 1 aromatic rings. The van der Waals surface area contributed by atoms with Crippen molar-refractivity contribution in [2.75, 3.05) is 0 Å². The van der Waals surface area contributed by atoms with Crippen molar-refractivity contribution in [1.82, 2.24) is 0 Å². The molecule has 0 heterocycles. The second-order valence-corrected chi connectivity index (χ2v) is 3.61. The summed E-state index contributed by atoms with van der Waals surface area (Å²) in [6.07, 6.45) is -1.51. The van der Waals surface area contributed by atoms with E-state index in [1.165, 1.54) is 6.92 Å². The van der Waals surface area contributed by atoms with Gasteiger partial charge in [0.05, 0.1) is 6.42 Å². The smallest absolute Gasteiger partial charge is 0.249 e. The Morgan fingerprint density at radius 2 is 1.83 bits per heavy atom. The van der Waals surface area contributed by atoms with E-state index in [9.17, 15) is 20.0 Å². The molecule has 0 aromatic heterocycles. The number of hydrogen-bond donors (Lipinski definition) is 1. The number of rotatable bonds is 5. The molecule has 5 nitrogen and oxygen atoms in total. The van der Waals surface area contributed by atoms with Gasteiger partial charge in [0.2, 0.25) is 6.04 Å². The van der Waals surface area contributed by atoms with Crippen LogP contribution in [0.25, 0.3) is 0 Å². The molecule has 0 aliphatic heterocycles. The van der Waals surface area contributed by atoms with E-state index < -0.39 is 17.1 Å². The van der Waals surface area contributed by atoms with Gasteiger partial charge in [0.25, 0.3) is 0 Å². The Bertz CT molecular complexity index is 378. The lowest BCUT2D eigenvalue weighted by Crippen LogP contribution is -2.29. The molecule has 0 radical (unpaired) electrons. The molecule has 100 valence electrons. The standard InChI is InChI=1S/C11H13NO4.C2H6/c1-8(13)7-10(12(15)16)11(14)9-5-3-2-4-6-9;1-2/h2-6,10-11,14H,7H2,1H3;1-2H3. The largest absolute Gasteiger partial charge is 0.381 e. The molecular formula is C13H19NO4. The highest BCUT2D eigenvalue weighted by Gasteiger charge is 2.32. The summed E-state index contributed by atoms with van der Waals surface area (Å²) >= 11 is 0. The molecule has 0 saturated carbocycles. The fourth-order valence-electron chi connectivity index (χ4n) is 1.47. The summed E-state index contributed by atoms with van der Waals surface area (Å²) in [5.74, 6) is -0.309. The van der Waals surface area contributed by atoms with Crippen molar-refractivity contribution >= 4 is 5.78 Å². The number of Topliss-reactive ketones (excluding diaryl/α,β-unsaturated/α-hetero) is 1. The van der Waals surface area contributed by atoms with Gasteiger partial charge in [0.15, 0.2) is 0 Å². The Kier molecular flexibility index (Phi) is 7.54. The molecule has 1 N–H and O–H groups in total. The molecule has 0 bridgehead atoms. The second kappa shape index (κ2) is 8.36. The number of hydrogen-bond acceptors (Lipinski definition) is 4. The lowest BCUT2D eigenvalue weighted by Gasteiger charge is -2.15. The maximum atomic E-state index is 10.9. The highest BCUT2D eigenvalue weighted by atomic mass is 16.6. The zero-order chi connectivity index (χ0) is 14.1. The molecule has 0 aliphatic carbocycles. The minimum Gasteiger partial charge on any atom is -0.381 e. The minimum absolute atomic E-state index is 0.261. The van der Waals surface area contributed by atoms with Gasteiger partial charge in [-0.15, -0.1) is 0 Å². The zero-order valence-corrected chi connectivity index (χ0v) is 10.9. The molecule has 0 spiro atoms. The first-order chi connectivity index (χ1) is 8.52. The minimum atomic E-state index is -1.28. The van der Waals surface area contributed by atoms with Gasteiger partial charge in [0, 0.05) is 4.92 Å². The molecule has 1 aromatic carbocycles. The first-order valence-corrected chi connectivity index (χ1v) is 5.88. The van der Waals surface area contributed by atoms with Crippen LogP contribution in [0.3, 0.4) is 0 Å². The van der Waals surface area contributed by atoms with Crippen molar-refractivity contribution in [1.29, 1.82) is 0 Å². The number of nitro groups is 1. The average molecular weight is 253 g/mol. The first-order valence-electron chi connectivity index (χ1n) is 5.88. The van der Waals surface area contributed by atoms with Crippen LogP contribution < -0.4 is 0 Å². The summed E-state index contributed by atoms with van der Waals surface area (Å²) < 4.78 is 0. The van der Waals surface area contributed by atoms with Gasteiger partial charge in [0.1, 0.15) is 11.9 Å². The van der Waals surface area contributed by atoms with Crippen LogP contribution in [0.2, 0.25) is 0 Å². The normalized spacial score (nSPS) is 12.9. The summed E-state index contributed by atoms with van der Waals surface area (Å²) in [5, 5.41) is 20.5. The number of aliphatic hydroxyl groups excluding tert-OH is 1. The van der Waals surface area contributed by atoms with Gasteiger partial charge in [-0.3, -0.25) is 14.9 Å². The third-order valence-corrected chi connectivity index (χ3v) is 2.27. The Morgan fingerprint density at radius 1 is 1.33 bits per heavy atom. The van der Waals surface area contributed by atoms with Crippen LogP contribution >= 0.6 is 0 Å². The second-order valence-electron chi connectivity index (χ2n) is 3.61. The Morgan fingerprint density at radius 3 is 2.22 bits per heavy atom. The van der Waals surface area contributed by atoms with E-state index in [-0.39, 0.29) is 12.2 Å². The van der Waals surface area contributed by atoms with Crippen LogP contribution in [0.5, 0.6) is 0 Å². The third kappa shape index (κ3) is 5.05. The molecule has 0 aliphatic rings. The highest BCUT2D eigenvalue weighted by Crippen LogP contribution is 2.20. The third-order valence-electron chi connectivity index (χ3n) is 2.27. The fraction of sp³-hybridized carbons (Fsp3) is 0.462. The summed E-state index contributed by atoms with van der Waals surface area (Å²) in [4.78, 5) is 21.0. The first kappa shape index (κ1) is 16.2. The molecule has 18 heavy (non-hydrogen) atoms. The van der Waals surface area contributed by atoms with Crippen LogP contribution in [-0.2, 0) is 4.79 Å². The van der Waals surface area contributed by atoms with Crippen LogP contribution in [0.15, 0.2) is 30.3 Å². The van der Waals surface area contributed by atoms with Crippen LogP contribution in [0.4, 0.5) is 0 Å². The number of aliphatic hydroxyl groups is 1. The Labute approximate surface area is 107 Å². The Hall–Kier alpha value is -1.75. The van der Waals surface area contributed by atoms with Crippen molar-refractivity contribution in [3.05, 3.63) is 46.0 Å². The maximum Gasteiger partial charge on any atom is 0.249 e. The van der Waals surface area contributed by atoms with Crippen LogP contribution in [0.1, 0.15) is 38.9 Å². The summed E-state index contributed by atoms with van der Waals surface area (Å²) in [6, 6.07) is 7.04. The van der Waals surface area contributed by atoms with Gasteiger partial charge in [-0.05, 0) is 12.5 Å². The number of carbonyl (C=O) groups excluding carboxylic acids is 1. The number of carbonyl (C=O) groups is 1. The van der Waals surface area contributed by atoms with Gasteiger partial charge in [-0.25, -0.2) is 0 Å². The number of ketones is 1. The van der Waals surface area contributed by atoms with Gasteiger partial charge < -0.3 is 5.11 Å². The fourth-order valence-corrected chi connectivity index (χ4v) is 1.47. The molecular weight excluding hydrogens is 234 g/mol. The van der Waals surface area contributed by atoms with Gasteiger partial charge in [-0.2, -0.15) is 0 Å². The van der Waals surface area contributed by atoms with Crippen LogP contribution in [-0.4, -0.2) is 21.9 Å². The van der Waals surface area contributed by atoms with Crippen molar-refractivity contribution in [2.45, 2.75) is 39.3 Å².